The molecule has 6 nitrogen and oxygen atoms in total. The molecule has 2 aromatic carbocycles. The Balaban J connectivity index is 2.05. The van der Waals surface area contributed by atoms with Crippen LogP contribution in [0.15, 0.2) is 58.6 Å². The van der Waals surface area contributed by atoms with E-state index in [4.69, 9.17) is 14.2 Å². The molecule has 0 aliphatic rings. The van der Waals surface area contributed by atoms with Gasteiger partial charge in [-0.2, -0.15) is 5.10 Å². The average molecular weight is 461 g/mol. The zero-order valence-electron chi connectivity index (χ0n) is 16.6. The number of hydrogen-bond donors (Lipinski definition) is 1. The summed E-state index contributed by atoms with van der Waals surface area (Å²) < 4.78 is 17.5. The van der Waals surface area contributed by atoms with Gasteiger partial charge >= 0.3 is 0 Å². The summed E-state index contributed by atoms with van der Waals surface area (Å²) >= 11 is 3.48. The number of nitrogens with zero attached hydrogens (tertiary/aromatic N) is 1. The number of carbonyl (C=O) groups is 1. The first-order valence-electron chi connectivity index (χ1n) is 9.35. The monoisotopic (exact) mass is 460 g/mol. The van der Waals surface area contributed by atoms with Crippen LogP contribution in [0.5, 0.6) is 17.2 Å². The summed E-state index contributed by atoms with van der Waals surface area (Å²) in [5.74, 6) is 1.61. The molecular formula is C22H25BrN2O4. The molecule has 2 aromatic rings. The number of rotatable bonds is 11. The molecule has 0 radical (unpaired) electrons. The van der Waals surface area contributed by atoms with Crippen LogP contribution in [0.25, 0.3) is 0 Å². The maximum absolute atomic E-state index is 12.2. The lowest BCUT2D eigenvalue weighted by Gasteiger charge is -2.13. The summed E-state index contributed by atoms with van der Waals surface area (Å²) in [6, 6.07) is 10.6. The van der Waals surface area contributed by atoms with E-state index in [1.165, 1.54) is 0 Å². The summed E-state index contributed by atoms with van der Waals surface area (Å²) in [5, 5.41) is 4.03. The first kappa shape index (κ1) is 22.5. The minimum atomic E-state index is -0.307. The van der Waals surface area contributed by atoms with Gasteiger partial charge in [0, 0.05) is 5.56 Å². The number of carbonyl (C=O) groups excluding carboxylic acids is 1. The van der Waals surface area contributed by atoms with E-state index < -0.39 is 0 Å². The van der Waals surface area contributed by atoms with Crippen LogP contribution < -0.4 is 19.6 Å². The van der Waals surface area contributed by atoms with Gasteiger partial charge in [0.25, 0.3) is 5.91 Å². The van der Waals surface area contributed by atoms with Gasteiger partial charge in [-0.05, 0) is 71.2 Å². The normalized spacial score (nSPS) is 10.6. The first-order valence-corrected chi connectivity index (χ1v) is 10.1. The lowest BCUT2D eigenvalue weighted by atomic mass is 10.2. The van der Waals surface area contributed by atoms with Gasteiger partial charge in [-0.15, -0.1) is 0 Å². The third-order valence-corrected chi connectivity index (χ3v) is 4.24. The molecule has 0 atom stereocenters. The van der Waals surface area contributed by atoms with Gasteiger partial charge in [-0.25, -0.2) is 5.43 Å². The predicted molar refractivity (Wildman–Crippen MR) is 118 cm³/mol. The molecular weight excluding hydrogens is 436 g/mol. The Labute approximate surface area is 179 Å². The highest BCUT2D eigenvalue weighted by molar-refractivity contribution is 9.10. The quantitative estimate of drug-likeness (QED) is 0.292. The van der Waals surface area contributed by atoms with Crippen LogP contribution in [0.2, 0.25) is 0 Å². The number of nitrogens with one attached hydrogen (secondary N) is 1. The fourth-order valence-corrected chi connectivity index (χ4v) is 2.93. The molecule has 0 heterocycles. The molecule has 0 aliphatic carbocycles. The van der Waals surface area contributed by atoms with Crippen molar-refractivity contribution in [3.8, 4) is 17.2 Å². The van der Waals surface area contributed by atoms with Gasteiger partial charge in [0.2, 0.25) is 0 Å². The SMILES string of the molecule is C=CCOc1c(Br)cc(/C=N/NC(=O)c2ccc(OCCC)cc2)cc1OCC. The van der Waals surface area contributed by atoms with Crippen LogP contribution in [-0.2, 0) is 0 Å². The van der Waals surface area contributed by atoms with Gasteiger partial charge in [-0.3, -0.25) is 4.79 Å². The molecule has 29 heavy (non-hydrogen) atoms. The van der Waals surface area contributed by atoms with E-state index in [9.17, 15) is 4.79 Å². The summed E-state index contributed by atoms with van der Waals surface area (Å²) in [6.45, 7) is 9.08. The Bertz CT molecular complexity index is 851. The summed E-state index contributed by atoms with van der Waals surface area (Å²) in [7, 11) is 0. The topological polar surface area (TPSA) is 69.2 Å². The van der Waals surface area contributed by atoms with Crippen molar-refractivity contribution in [2.75, 3.05) is 19.8 Å². The molecule has 0 unspecified atom stereocenters. The smallest absolute Gasteiger partial charge is 0.271 e. The highest BCUT2D eigenvalue weighted by Gasteiger charge is 2.11. The van der Waals surface area contributed by atoms with Crippen LogP contribution in [0.3, 0.4) is 0 Å². The standard InChI is InChI=1S/C22H25BrN2O4/c1-4-11-28-18-9-7-17(8-10-18)22(26)25-24-15-16-13-19(23)21(29-12-5-2)20(14-16)27-6-3/h5,7-10,13-15H,2,4,6,11-12H2,1,3H3,(H,25,26)/b24-15+. The molecule has 2 rings (SSSR count). The molecule has 0 aromatic heterocycles. The van der Waals surface area contributed by atoms with Crippen molar-refractivity contribution in [1.82, 2.24) is 5.43 Å². The Morgan fingerprint density at radius 2 is 1.93 bits per heavy atom. The number of benzene rings is 2. The molecule has 7 heteroatoms. The van der Waals surface area contributed by atoms with Crippen molar-refractivity contribution in [2.45, 2.75) is 20.3 Å². The van der Waals surface area contributed by atoms with E-state index in [2.05, 4.69) is 33.0 Å². The van der Waals surface area contributed by atoms with Crippen molar-refractivity contribution in [3.63, 3.8) is 0 Å². The second-order valence-corrected chi connectivity index (χ2v) is 6.79. The predicted octanol–water partition coefficient (Wildman–Crippen LogP) is 4.97. The van der Waals surface area contributed by atoms with Gasteiger partial charge in [0.05, 0.1) is 23.9 Å². The van der Waals surface area contributed by atoms with Crippen molar-refractivity contribution in [1.29, 1.82) is 0 Å². The van der Waals surface area contributed by atoms with Gasteiger partial charge in [-0.1, -0.05) is 19.6 Å². The minimum Gasteiger partial charge on any atom is -0.494 e. The highest BCUT2D eigenvalue weighted by atomic mass is 79.9. The zero-order chi connectivity index (χ0) is 21.1. The largest absolute Gasteiger partial charge is 0.494 e. The van der Waals surface area contributed by atoms with E-state index in [1.54, 1.807) is 42.6 Å². The fourth-order valence-electron chi connectivity index (χ4n) is 2.36. The minimum absolute atomic E-state index is 0.307. The third kappa shape index (κ3) is 6.94. The van der Waals surface area contributed by atoms with Crippen molar-refractivity contribution >= 4 is 28.1 Å². The second-order valence-electron chi connectivity index (χ2n) is 5.93. The molecule has 0 spiro atoms. The van der Waals surface area contributed by atoms with Crippen LogP contribution in [0.1, 0.15) is 36.2 Å². The summed E-state index contributed by atoms with van der Waals surface area (Å²) in [4.78, 5) is 12.2. The third-order valence-electron chi connectivity index (χ3n) is 3.65. The molecule has 0 bridgehead atoms. The molecule has 0 saturated heterocycles. The molecule has 0 fully saturated rings. The molecule has 1 amide bonds. The molecule has 154 valence electrons. The van der Waals surface area contributed by atoms with Gasteiger partial charge < -0.3 is 14.2 Å². The molecule has 0 saturated carbocycles. The van der Waals surface area contributed by atoms with Crippen LogP contribution >= 0.6 is 15.9 Å². The fraction of sp³-hybridized carbons (Fsp3) is 0.273. The van der Waals surface area contributed by atoms with Crippen molar-refractivity contribution in [3.05, 3.63) is 64.7 Å². The average Bonchev–Trinajstić information content (AvgIpc) is 2.72. The highest BCUT2D eigenvalue weighted by Crippen LogP contribution is 2.36. The summed E-state index contributed by atoms with van der Waals surface area (Å²) in [6.07, 6.45) is 4.14. The first-order chi connectivity index (χ1) is 14.1. The Morgan fingerprint density at radius 3 is 2.59 bits per heavy atom. The van der Waals surface area contributed by atoms with Crippen LogP contribution in [-0.4, -0.2) is 31.9 Å². The molecule has 0 aliphatic heterocycles. The van der Waals surface area contributed by atoms with E-state index in [-0.39, 0.29) is 5.91 Å². The number of halogens is 1. The van der Waals surface area contributed by atoms with Crippen LogP contribution in [0.4, 0.5) is 0 Å². The Morgan fingerprint density at radius 1 is 1.17 bits per heavy atom. The van der Waals surface area contributed by atoms with Gasteiger partial charge in [0.1, 0.15) is 12.4 Å². The molecule has 1 N–H and O–H groups in total. The zero-order valence-corrected chi connectivity index (χ0v) is 18.2. The maximum Gasteiger partial charge on any atom is 0.271 e. The number of hydrazone groups is 1. The number of ether oxygens (including phenoxy) is 3. The summed E-state index contributed by atoms with van der Waals surface area (Å²) in [5.41, 5.74) is 3.76. The lowest BCUT2D eigenvalue weighted by Crippen LogP contribution is -2.17. The Kier molecular flexibility index (Phi) is 9.24. The van der Waals surface area contributed by atoms with Crippen molar-refractivity contribution in [2.24, 2.45) is 5.10 Å². The van der Waals surface area contributed by atoms with Crippen LogP contribution in [0, 0.1) is 0 Å². The van der Waals surface area contributed by atoms with Crippen molar-refractivity contribution < 1.29 is 19.0 Å². The maximum atomic E-state index is 12.2. The van der Waals surface area contributed by atoms with E-state index in [1.807, 2.05) is 19.9 Å². The van der Waals surface area contributed by atoms with E-state index in [0.717, 1.165) is 22.2 Å². The van der Waals surface area contributed by atoms with Gasteiger partial charge in [0.15, 0.2) is 11.5 Å². The lowest BCUT2D eigenvalue weighted by molar-refractivity contribution is 0.0955. The van der Waals surface area contributed by atoms with E-state index in [0.29, 0.717) is 36.9 Å². The van der Waals surface area contributed by atoms with E-state index >= 15 is 0 Å². The number of amides is 1. The number of hydrogen-bond acceptors (Lipinski definition) is 5. The Hall–Kier alpha value is -2.80. The second kappa shape index (κ2) is 11.9.